The number of alkyl halides is 4. The first-order chi connectivity index (χ1) is 37.4. The highest BCUT2D eigenvalue weighted by Gasteiger charge is 2.54. The van der Waals surface area contributed by atoms with Crippen LogP contribution >= 0.6 is 7.14 Å². The van der Waals surface area contributed by atoms with Crippen molar-refractivity contribution >= 4 is 43.2 Å². The molecule has 0 bridgehead atoms. The van der Waals surface area contributed by atoms with Crippen LogP contribution in [-0.2, 0) is 29.0 Å². The second kappa shape index (κ2) is 27.3. The maximum atomic E-state index is 14.4. The van der Waals surface area contributed by atoms with Gasteiger partial charge in [-0.2, -0.15) is 17.6 Å². The largest absolute Gasteiger partial charge is 0.393 e. The highest BCUT2D eigenvalue weighted by atomic mass is 32.2. The minimum Gasteiger partial charge on any atom is -0.393 e. The van der Waals surface area contributed by atoms with E-state index in [0.29, 0.717) is 30.8 Å². The monoisotopic (exact) mass is 1190 g/mol. The van der Waals surface area contributed by atoms with Gasteiger partial charge in [-0.15, -0.1) is 0 Å². The number of halogens is 4. The van der Waals surface area contributed by atoms with Gasteiger partial charge < -0.3 is 9.67 Å². The van der Waals surface area contributed by atoms with Gasteiger partial charge in [0, 0.05) is 42.0 Å². The lowest BCUT2D eigenvalue weighted by Gasteiger charge is -2.41. The molecule has 14 heteroatoms. The van der Waals surface area contributed by atoms with Crippen LogP contribution in [0.5, 0.6) is 0 Å². The van der Waals surface area contributed by atoms with Crippen LogP contribution in [0.1, 0.15) is 205 Å². The summed E-state index contributed by atoms with van der Waals surface area (Å²) in [5, 5.41) is 3.46. The summed E-state index contributed by atoms with van der Waals surface area (Å²) < 4.78 is 117. The molecule has 81 heavy (non-hydrogen) atoms. The van der Waals surface area contributed by atoms with Crippen molar-refractivity contribution in [1.82, 2.24) is 0 Å². The Morgan fingerprint density at radius 3 is 1.63 bits per heavy atom. The molecular weight excluding hydrogens is 1090 g/mol. The number of aliphatic hydroxyl groups is 1. The molecule has 6 aliphatic carbocycles. The van der Waals surface area contributed by atoms with Crippen LogP contribution in [0.25, 0.3) is 0 Å². The number of allylic oxidation sites excluding steroid dienone is 8. The Morgan fingerprint density at radius 2 is 1.15 bits per heavy atom. The molecule has 0 heterocycles. The zero-order valence-corrected chi connectivity index (χ0v) is 53.4. The quantitative estimate of drug-likeness (QED) is 0.114. The smallest absolute Gasteiger partial charge is 0.346 e. The van der Waals surface area contributed by atoms with Gasteiger partial charge in [0.25, 0.3) is 0 Å². The molecule has 7 atom stereocenters. The molecule has 6 aliphatic rings. The Kier molecular flexibility index (Phi) is 23.1. The summed E-state index contributed by atoms with van der Waals surface area (Å²) in [7, 11) is -11.7. The molecule has 0 saturated heterocycles. The van der Waals surface area contributed by atoms with Gasteiger partial charge in [0.1, 0.15) is 12.9 Å². The fourth-order valence-corrected chi connectivity index (χ4v) is 18.4. The molecule has 2 aromatic carbocycles. The lowest BCUT2D eigenvalue weighted by molar-refractivity contribution is -0.128. The molecule has 0 radical (unpaired) electrons. The minimum atomic E-state index is -4.55. The summed E-state index contributed by atoms with van der Waals surface area (Å²) in [6.45, 7) is 26.5. The number of sulfone groups is 2. The van der Waals surface area contributed by atoms with Crippen molar-refractivity contribution in [1.29, 1.82) is 0 Å². The van der Waals surface area contributed by atoms with Gasteiger partial charge in [0.2, 0.25) is 19.7 Å². The van der Waals surface area contributed by atoms with E-state index in [-0.39, 0.29) is 53.3 Å². The fourth-order valence-electron chi connectivity index (χ4n) is 13.4. The van der Waals surface area contributed by atoms with Crippen molar-refractivity contribution in [2.24, 2.45) is 40.4 Å². The molecule has 0 aliphatic heterocycles. The summed E-state index contributed by atoms with van der Waals surface area (Å²) in [6.07, 6.45) is 22.2. The summed E-state index contributed by atoms with van der Waals surface area (Å²) >= 11 is 0. The van der Waals surface area contributed by atoms with Gasteiger partial charge in [-0.1, -0.05) is 162 Å². The number of hydrogen-bond acceptors (Lipinski definition) is 7. The number of carbonyl (C=O) groups excluding carboxylic acids is 1. The number of fused-ring (bicyclic) bond motifs is 2. The molecule has 4 fully saturated rings. The summed E-state index contributed by atoms with van der Waals surface area (Å²) in [6, 6.07) is 19.8. The van der Waals surface area contributed by atoms with Gasteiger partial charge in [-0.05, 0) is 178 Å². The van der Waals surface area contributed by atoms with E-state index in [1.807, 2.05) is 80.6 Å². The predicted octanol–water partition coefficient (Wildman–Crippen LogP) is 17.4. The SMILES string of the molecule is C=C1CCC(O)CC1.C=C1CC[C@H](C)C/C1=C/CP(=O)(c1ccccc1)c1ccccc1.C[C@H](CCC(F)(F)S(=O)(=O)C(C)(C)C)C1=CC[C@H]2C(=O)CCC[C@]12C.C[C@H](CCC(F)(F)S(=O)(=O)C(C)(C)C)C1=CC[C@H]2CCCC[C@]12C. The number of hydrogen-bond donors (Lipinski definition) is 1. The Hall–Kier alpha value is -3.38. The minimum absolute atomic E-state index is 0.0131. The van der Waals surface area contributed by atoms with Crippen LogP contribution in [0.4, 0.5) is 17.6 Å². The zero-order chi connectivity index (χ0) is 60.6. The average Bonchev–Trinajstić information content (AvgIpc) is 4.11. The number of aliphatic hydroxyl groups excluding tert-OH is 1. The zero-order valence-electron chi connectivity index (χ0n) is 50.9. The topological polar surface area (TPSA) is 123 Å². The van der Waals surface area contributed by atoms with Gasteiger partial charge in [0.15, 0.2) is 0 Å². The molecule has 7 nitrogen and oxygen atoms in total. The third-order valence-corrected chi connectivity index (χ3v) is 27.1. The molecule has 0 aromatic heterocycles. The van der Waals surface area contributed by atoms with Gasteiger partial charge >= 0.3 is 10.5 Å². The lowest BCUT2D eigenvalue weighted by Crippen LogP contribution is -2.42. The van der Waals surface area contributed by atoms with E-state index in [1.54, 1.807) is 0 Å². The third kappa shape index (κ3) is 16.1. The number of carbonyl (C=O) groups is 1. The Labute approximate surface area is 486 Å². The van der Waals surface area contributed by atoms with Gasteiger partial charge in [-0.25, -0.2) is 16.8 Å². The Bertz CT molecular complexity index is 2810. The van der Waals surface area contributed by atoms with Crippen LogP contribution < -0.4 is 10.6 Å². The first kappa shape index (κ1) is 68.4. The molecule has 1 N–H and O–H groups in total. The van der Waals surface area contributed by atoms with Gasteiger partial charge in [0.05, 0.1) is 15.6 Å². The van der Waals surface area contributed by atoms with Crippen LogP contribution in [-0.4, -0.2) is 60.0 Å². The van der Waals surface area contributed by atoms with E-state index in [9.17, 15) is 43.8 Å². The van der Waals surface area contributed by atoms with Crippen LogP contribution in [0, 0.1) is 40.4 Å². The molecule has 454 valence electrons. The van der Waals surface area contributed by atoms with E-state index in [4.69, 9.17) is 5.11 Å². The Morgan fingerprint density at radius 1 is 0.679 bits per heavy atom. The number of Topliss-reactive ketones (excluding diaryl/α,β-unsaturated/α-hetero) is 1. The van der Waals surface area contributed by atoms with Crippen LogP contribution in [0.3, 0.4) is 0 Å². The normalized spacial score (nSPS) is 26.3. The number of rotatable bonds is 14. The summed E-state index contributed by atoms with van der Waals surface area (Å²) in [5.41, 5.74) is 6.07. The van der Waals surface area contributed by atoms with Crippen LogP contribution in [0.2, 0.25) is 0 Å². The van der Waals surface area contributed by atoms with E-state index < -0.39 is 59.7 Å². The average molecular weight is 1190 g/mol. The standard InChI is InChI=1S/C22H25OP.C19H30F2O3S.C19H32F2O2S.C7H12O/c1-18-13-14-19(2)20(17-18)15-16-24(23,21-9-5-3-6-10-21)22-11-7-4-8-12-22;1-13(10-12-19(20,21)25(23,24)17(2,3)4)14-8-9-15-16(22)7-6-11-18(14,15)5;1-14(11-13-19(20,21)24(22,23)17(2,3)4)16-10-9-15-8-6-7-12-18(15,16)5;1-6-2-4-7(8)5-3-6/h3-12,15,18H,2,13-14,16-17H2,1H3;8,13,15H,6-7,9-12H2,1-5H3;10,14-15H,6-9,11-13H2,1-5H3;7-8H,1-5H2/b20-15-;;;/t18-;13-,15+,18-;14-,15-,18+;/m011./s1. The van der Waals surface area contributed by atoms with Crippen LogP contribution in [0.15, 0.2) is 120 Å². The third-order valence-electron chi connectivity index (χ3n) is 19.0. The predicted molar refractivity (Wildman–Crippen MR) is 328 cm³/mol. The second-order valence-corrected chi connectivity index (χ2v) is 35.6. The fraction of sp³-hybridized carbons (Fsp3) is 0.657. The van der Waals surface area contributed by atoms with E-state index >= 15 is 0 Å². The molecule has 0 unspecified atom stereocenters. The van der Waals surface area contributed by atoms with E-state index in [1.165, 1.54) is 89.5 Å². The highest BCUT2D eigenvalue weighted by molar-refractivity contribution is 7.94. The van der Waals surface area contributed by atoms with Crippen molar-refractivity contribution in [2.45, 2.75) is 231 Å². The van der Waals surface area contributed by atoms with E-state index in [0.717, 1.165) is 80.4 Å². The molecule has 0 amide bonds. The van der Waals surface area contributed by atoms with E-state index in [2.05, 4.69) is 46.1 Å². The summed E-state index contributed by atoms with van der Waals surface area (Å²) in [4.78, 5) is 12.2. The highest BCUT2D eigenvalue weighted by Crippen LogP contribution is 2.57. The Balaban J connectivity index is 0.000000208. The maximum Gasteiger partial charge on any atom is 0.346 e. The molecule has 8 rings (SSSR count). The second-order valence-electron chi connectivity index (χ2n) is 27.1. The molecule has 4 saturated carbocycles. The number of benzene rings is 2. The first-order valence-electron chi connectivity index (χ1n) is 30.0. The first-order valence-corrected chi connectivity index (χ1v) is 34.9. The van der Waals surface area contributed by atoms with Crippen molar-refractivity contribution in [3.05, 3.63) is 120 Å². The summed E-state index contributed by atoms with van der Waals surface area (Å²) in [5.74, 6) is 1.43. The lowest BCUT2D eigenvalue weighted by atomic mass is 9.63. The number of ketones is 1. The van der Waals surface area contributed by atoms with Crippen molar-refractivity contribution in [2.75, 3.05) is 6.16 Å². The molecule has 2 aromatic rings. The molecular formula is C67H99F4O7PS2. The van der Waals surface area contributed by atoms with Crippen molar-refractivity contribution in [3.8, 4) is 0 Å². The maximum absolute atomic E-state index is 14.4. The van der Waals surface area contributed by atoms with Gasteiger partial charge in [-0.3, -0.25) is 4.79 Å². The van der Waals surface area contributed by atoms with Crippen molar-refractivity contribution in [3.63, 3.8) is 0 Å². The molecule has 0 spiro atoms. The van der Waals surface area contributed by atoms with Crippen molar-refractivity contribution < 1.29 is 48.9 Å².